The minimum absolute atomic E-state index is 0.00927. The van der Waals surface area contributed by atoms with Gasteiger partial charge in [-0.15, -0.1) is 0 Å². The number of hydrogen-bond acceptors (Lipinski definition) is 4. The quantitative estimate of drug-likeness (QED) is 0.392. The fourth-order valence-electron chi connectivity index (χ4n) is 3.70. The summed E-state index contributed by atoms with van der Waals surface area (Å²) in [6.45, 7) is 0. The Morgan fingerprint density at radius 1 is 0.800 bits per heavy atom. The van der Waals surface area contributed by atoms with Gasteiger partial charge in [0.05, 0.1) is 16.6 Å². The van der Waals surface area contributed by atoms with Gasteiger partial charge in [-0.1, -0.05) is 36.4 Å². The van der Waals surface area contributed by atoms with E-state index in [9.17, 15) is 41.4 Å². The summed E-state index contributed by atoms with van der Waals surface area (Å²) in [5, 5.41) is 19.3. The second kappa shape index (κ2) is 8.42. The third kappa shape index (κ3) is 4.23. The van der Waals surface area contributed by atoms with Crippen molar-refractivity contribution in [2.45, 2.75) is 24.4 Å². The van der Waals surface area contributed by atoms with Crippen molar-refractivity contribution in [3.05, 3.63) is 100 Å². The summed E-state index contributed by atoms with van der Waals surface area (Å²) < 4.78 is 80.5. The first kappa shape index (κ1) is 24.3. The van der Waals surface area contributed by atoms with Crippen LogP contribution in [0.2, 0.25) is 0 Å². The number of aromatic nitrogens is 2. The van der Waals surface area contributed by atoms with Crippen molar-refractivity contribution in [3.8, 4) is 11.4 Å². The highest BCUT2D eigenvalue weighted by molar-refractivity contribution is 5.77. The van der Waals surface area contributed by atoms with Gasteiger partial charge in [0.2, 0.25) is 0 Å². The number of phenols is 1. The van der Waals surface area contributed by atoms with Crippen molar-refractivity contribution in [1.29, 1.82) is 0 Å². The van der Waals surface area contributed by atoms with E-state index in [2.05, 4.69) is 4.98 Å². The van der Waals surface area contributed by atoms with Crippen LogP contribution in [0.1, 0.15) is 17.0 Å². The Labute approximate surface area is 193 Å². The zero-order valence-electron chi connectivity index (χ0n) is 17.6. The Bertz CT molecular complexity index is 1410. The van der Waals surface area contributed by atoms with Gasteiger partial charge in [-0.05, 0) is 42.0 Å². The highest BCUT2D eigenvalue weighted by atomic mass is 19.4. The maximum atomic E-state index is 13.3. The van der Waals surface area contributed by atoms with Gasteiger partial charge >= 0.3 is 12.4 Å². The molecule has 5 nitrogen and oxygen atoms in total. The Balaban J connectivity index is 1.88. The van der Waals surface area contributed by atoms with Crippen LogP contribution in [0.15, 0.2) is 77.6 Å². The predicted octanol–water partition coefficient (Wildman–Crippen LogP) is 4.99. The average molecular weight is 494 g/mol. The van der Waals surface area contributed by atoms with E-state index in [1.54, 1.807) is 30.3 Å². The van der Waals surface area contributed by atoms with E-state index in [4.69, 9.17) is 0 Å². The number of para-hydroxylation sites is 1. The Morgan fingerprint density at radius 2 is 1.37 bits per heavy atom. The molecule has 0 amide bonds. The largest absolute Gasteiger partial charge is 0.508 e. The molecule has 0 fully saturated rings. The minimum atomic E-state index is -6.03. The summed E-state index contributed by atoms with van der Waals surface area (Å²) >= 11 is 0. The number of hydrogen-bond donors (Lipinski definition) is 2. The van der Waals surface area contributed by atoms with E-state index >= 15 is 0 Å². The monoisotopic (exact) mass is 494 g/mol. The molecule has 4 aromatic rings. The number of alkyl halides is 6. The van der Waals surface area contributed by atoms with Crippen molar-refractivity contribution in [2.24, 2.45) is 0 Å². The first-order valence-electron chi connectivity index (χ1n) is 10.1. The van der Waals surface area contributed by atoms with Crippen molar-refractivity contribution in [2.75, 3.05) is 0 Å². The van der Waals surface area contributed by atoms with Gasteiger partial charge < -0.3 is 10.2 Å². The fraction of sp³-hybridized carbons (Fsp3) is 0.167. The van der Waals surface area contributed by atoms with Gasteiger partial charge in [-0.2, -0.15) is 26.3 Å². The van der Waals surface area contributed by atoms with Crippen molar-refractivity contribution >= 4 is 10.9 Å². The second-order valence-corrected chi connectivity index (χ2v) is 7.78. The van der Waals surface area contributed by atoms with Crippen LogP contribution in [0.5, 0.6) is 5.75 Å². The zero-order valence-corrected chi connectivity index (χ0v) is 17.6. The van der Waals surface area contributed by atoms with E-state index < -0.39 is 29.1 Å². The highest BCUT2D eigenvalue weighted by Gasteiger charge is 2.71. The van der Waals surface area contributed by atoms with E-state index in [1.165, 1.54) is 18.2 Å². The zero-order chi connectivity index (χ0) is 25.6. The molecule has 0 bridgehead atoms. The minimum Gasteiger partial charge on any atom is -0.508 e. The van der Waals surface area contributed by atoms with Crippen LogP contribution in [-0.2, 0) is 12.0 Å². The molecule has 0 aliphatic rings. The van der Waals surface area contributed by atoms with E-state index in [0.717, 1.165) is 16.7 Å². The average Bonchev–Trinajstić information content (AvgIpc) is 2.79. The lowest BCUT2D eigenvalue weighted by Gasteiger charge is -2.32. The maximum absolute atomic E-state index is 13.3. The molecule has 35 heavy (non-hydrogen) atoms. The molecule has 0 aliphatic carbocycles. The van der Waals surface area contributed by atoms with E-state index in [-0.39, 0.29) is 29.1 Å². The summed E-state index contributed by atoms with van der Waals surface area (Å²) in [5.74, 6) is 0.170. The molecule has 2 N–H and O–H groups in total. The second-order valence-electron chi connectivity index (χ2n) is 7.78. The number of phenolic OH excluding ortho intramolecular Hbond substituents is 1. The third-order valence-corrected chi connectivity index (χ3v) is 5.51. The molecule has 0 unspecified atom stereocenters. The molecule has 0 radical (unpaired) electrons. The van der Waals surface area contributed by atoms with Crippen LogP contribution in [0.4, 0.5) is 26.3 Å². The molecule has 1 aromatic heterocycles. The Morgan fingerprint density at radius 3 is 1.94 bits per heavy atom. The third-order valence-electron chi connectivity index (χ3n) is 5.51. The number of fused-ring (bicyclic) bond motifs is 1. The van der Waals surface area contributed by atoms with Crippen molar-refractivity contribution in [3.63, 3.8) is 0 Å². The van der Waals surface area contributed by atoms with Gasteiger partial charge in [0.1, 0.15) is 11.6 Å². The molecule has 0 saturated carbocycles. The van der Waals surface area contributed by atoms with Gasteiger partial charge in [0.25, 0.3) is 11.2 Å². The predicted molar refractivity (Wildman–Crippen MR) is 114 cm³/mol. The summed E-state index contributed by atoms with van der Waals surface area (Å²) in [4.78, 5) is 17.7. The van der Waals surface area contributed by atoms with Crippen LogP contribution in [0.25, 0.3) is 16.6 Å². The SMILES string of the molecule is O=c1c2ccccc2nc(Cc2ccc(O)cc2)n1-c1ccc(C(O)(C(F)(F)F)C(F)(F)F)cc1. The lowest BCUT2D eigenvalue weighted by Crippen LogP contribution is -2.53. The van der Waals surface area contributed by atoms with Crippen LogP contribution in [0.3, 0.4) is 0 Å². The molecule has 3 aromatic carbocycles. The number of nitrogens with zero attached hydrogens (tertiary/aromatic N) is 2. The topological polar surface area (TPSA) is 75.3 Å². The number of aromatic hydroxyl groups is 1. The highest BCUT2D eigenvalue weighted by Crippen LogP contribution is 2.50. The van der Waals surface area contributed by atoms with E-state index in [1.807, 2.05) is 0 Å². The number of rotatable bonds is 4. The first-order chi connectivity index (χ1) is 16.3. The summed E-state index contributed by atoms with van der Waals surface area (Å²) in [7, 11) is 0. The standard InChI is InChI=1S/C24H16F6N2O3/c25-23(26,27)22(35,24(28,29)30)15-7-9-16(10-8-15)32-20(13-14-5-11-17(33)12-6-14)31-19-4-2-1-3-18(19)21(32)34/h1-12,33,35H,13H2. The van der Waals surface area contributed by atoms with Crippen molar-refractivity contribution < 1.29 is 36.6 Å². The molecule has 0 spiro atoms. The molecule has 0 aliphatic heterocycles. The lowest BCUT2D eigenvalue weighted by molar-refractivity contribution is -0.376. The molecular formula is C24H16F6N2O3. The van der Waals surface area contributed by atoms with Crippen LogP contribution < -0.4 is 5.56 Å². The normalized spacial score (nSPS) is 12.8. The van der Waals surface area contributed by atoms with Crippen LogP contribution in [-0.4, -0.2) is 32.1 Å². The van der Waals surface area contributed by atoms with E-state index in [0.29, 0.717) is 23.2 Å². The molecule has 11 heteroatoms. The number of aliphatic hydroxyl groups is 1. The fourth-order valence-corrected chi connectivity index (χ4v) is 3.70. The van der Waals surface area contributed by atoms with Gasteiger partial charge in [-0.25, -0.2) is 4.98 Å². The number of halogens is 6. The Hall–Kier alpha value is -3.86. The van der Waals surface area contributed by atoms with Gasteiger partial charge in [0, 0.05) is 12.0 Å². The molecule has 1 heterocycles. The van der Waals surface area contributed by atoms with Gasteiger partial charge in [-0.3, -0.25) is 9.36 Å². The molecule has 4 rings (SSSR count). The van der Waals surface area contributed by atoms with Crippen LogP contribution in [0, 0.1) is 0 Å². The molecule has 182 valence electrons. The summed E-state index contributed by atoms with van der Waals surface area (Å²) in [6.07, 6.45) is -12.0. The first-order valence-corrected chi connectivity index (χ1v) is 10.1. The summed E-state index contributed by atoms with van der Waals surface area (Å²) in [6, 6.07) is 15.1. The summed E-state index contributed by atoms with van der Waals surface area (Å²) in [5.41, 5.74) is -6.17. The van der Waals surface area contributed by atoms with Crippen LogP contribution >= 0.6 is 0 Å². The molecule has 0 atom stereocenters. The molecular weight excluding hydrogens is 478 g/mol. The van der Waals surface area contributed by atoms with Crippen molar-refractivity contribution in [1.82, 2.24) is 9.55 Å². The van der Waals surface area contributed by atoms with Gasteiger partial charge in [0.15, 0.2) is 0 Å². The lowest BCUT2D eigenvalue weighted by atomic mass is 9.92. The Kier molecular flexibility index (Phi) is 5.84. The maximum Gasteiger partial charge on any atom is 0.430 e. The number of benzene rings is 3. The smallest absolute Gasteiger partial charge is 0.430 e. The molecule has 0 saturated heterocycles.